The molecule has 2 rings (SSSR count). The average Bonchev–Trinajstić information content (AvgIpc) is 2.59. The van der Waals surface area contributed by atoms with Crippen molar-refractivity contribution < 1.29 is 22.7 Å². The van der Waals surface area contributed by atoms with Crippen LogP contribution in [0.5, 0.6) is 11.5 Å². The van der Waals surface area contributed by atoms with Crippen molar-refractivity contribution in [3.05, 3.63) is 48.0 Å². The Balaban J connectivity index is 2.28. The summed E-state index contributed by atoms with van der Waals surface area (Å²) in [6, 6.07) is 10.8. The molecule has 0 aromatic heterocycles. The highest BCUT2D eigenvalue weighted by atomic mass is 32.2. The Kier molecular flexibility index (Phi) is 6.12. The molecule has 0 radical (unpaired) electrons. The first-order valence-electron chi connectivity index (χ1n) is 8.22. The lowest BCUT2D eigenvalue weighted by Gasteiger charge is -2.20. The molecule has 0 atom stereocenters. The SMILES string of the molecule is COc1cc(NC(=O)c2cccc(S(=O)(=O)NC(C)(C)C)c2)cc(OC)c1. The van der Waals surface area contributed by atoms with E-state index in [4.69, 9.17) is 9.47 Å². The molecule has 0 aliphatic rings. The van der Waals surface area contributed by atoms with E-state index < -0.39 is 21.5 Å². The van der Waals surface area contributed by atoms with Gasteiger partial charge in [0.15, 0.2) is 0 Å². The van der Waals surface area contributed by atoms with Crippen LogP contribution in [0.3, 0.4) is 0 Å². The van der Waals surface area contributed by atoms with Crippen LogP contribution in [0.1, 0.15) is 31.1 Å². The summed E-state index contributed by atoms with van der Waals surface area (Å²) in [5.74, 6) is 0.601. The summed E-state index contributed by atoms with van der Waals surface area (Å²) in [6.45, 7) is 5.24. The zero-order valence-corrected chi connectivity index (χ0v) is 16.8. The number of carbonyl (C=O) groups excluding carboxylic acids is 1. The molecule has 2 aromatic carbocycles. The molecule has 7 nitrogen and oxygen atoms in total. The number of rotatable bonds is 6. The first-order chi connectivity index (χ1) is 12.5. The molecule has 0 unspecified atom stereocenters. The van der Waals surface area contributed by atoms with Gasteiger partial charge in [0, 0.05) is 35.0 Å². The van der Waals surface area contributed by atoms with Crippen molar-refractivity contribution in [1.82, 2.24) is 4.72 Å². The third-order valence-corrected chi connectivity index (χ3v) is 5.21. The normalized spacial score (nSPS) is 11.7. The second-order valence-corrected chi connectivity index (χ2v) is 8.62. The van der Waals surface area contributed by atoms with Crippen molar-refractivity contribution in [2.75, 3.05) is 19.5 Å². The van der Waals surface area contributed by atoms with Crippen LogP contribution in [-0.4, -0.2) is 34.1 Å². The number of hydrogen-bond donors (Lipinski definition) is 2. The molecule has 2 aromatic rings. The summed E-state index contributed by atoms with van der Waals surface area (Å²) < 4.78 is 37.9. The Labute approximate surface area is 159 Å². The summed E-state index contributed by atoms with van der Waals surface area (Å²) in [5.41, 5.74) is 0.0553. The van der Waals surface area contributed by atoms with Crippen LogP contribution < -0.4 is 19.5 Å². The van der Waals surface area contributed by atoms with Gasteiger partial charge in [-0.15, -0.1) is 0 Å². The molecule has 146 valence electrons. The van der Waals surface area contributed by atoms with E-state index in [0.717, 1.165) is 0 Å². The van der Waals surface area contributed by atoms with Crippen molar-refractivity contribution in [3.63, 3.8) is 0 Å². The van der Waals surface area contributed by atoms with Gasteiger partial charge >= 0.3 is 0 Å². The number of carbonyl (C=O) groups is 1. The smallest absolute Gasteiger partial charge is 0.255 e. The number of hydrogen-bond acceptors (Lipinski definition) is 5. The van der Waals surface area contributed by atoms with Crippen LogP contribution in [0, 0.1) is 0 Å². The highest BCUT2D eigenvalue weighted by Gasteiger charge is 2.22. The largest absolute Gasteiger partial charge is 0.497 e. The maximum atomic E-state index is 12.6. The predicted octanol–water partition coefficient (Wildman–Crippen LogP) is 3.03. The molecular weight excluding hydrogens is 368 g/mol. The third-order valence-electron chi connectivity index (χ3n) is 3.46. The Hall–Kier alpha value is -2.58. The summed E-state index contributed by atoms with van der Waals surface area (Å²) in [7, 11) is -0.717. The number of sulfonamides is 1. The molecule has 8 heteroatoms. The van der Waals surface area contributed by atoms with Crippen LogP contribution in [0.15, 0.2) is 47.4 Å². The number of amides is 1. The number of methoxy groups -OCH3 is 2. The first kappa shape index (κ1) is 20.7. The zero-order chi connectivity index (χ0) is 20.2. The molecule has 1 amide bonds. The standard InChI is InChI=1S/C19H24N2O5S/c1-19(2,3)21-27(23,24)17-8-6-7-13(9-17)18(22)20-14-10-15(25-4)12-16(11-14)26-5/h6-12,21H,1-5H3,(H,20,22). The fourth-order valence-corrected chi connectivity index (χ4v) is 3.81. The Morgan fingerprint density at radius 2 is 1.56 bits per heavy atom. The van der Waals surface area contributed by atoms with Gasteiger partial charge in [-0.1, -0.05) is 6.07 Å². The highest BCUT2D eigenvalue weighted by molar-refractivity contribution is 7.89. The number of nitrogens with one attached hydrogen (secondary N) is 2. The zero-order valence-electron chi connectivity index (χ0n) is 16.0. The fourth-order valence-electron chi connectivity index (χ4n) is 2.35. The van der Waals surface area contributed by atoms with Crippen molar-refractivity contribution in [1.29, 1.82) is 0 Å². The molecule has 0 bridgehead atoms. The maximum absolute atomic E-state index is 12.6. The lowest BCUT2D eigenvalue weighted by Crippen LogP contribution is -2.40. The van der Waals surface area contributed by atoms with Gasteiger partial charge in [0.25, 0.3) is 5.91 Å². The summed E-state index contributed by atoms with van der Waals surface area (Å²) >= 11 is 0. The van der Waals surface area contributed by atoms with E-state index in [-0.39, 0.29) is 10.5 Å². The van der Waals surface area contributed by atoms with Gasteiger partial charge < -0.3 is 14.8 Å². The van der Waals surface area contributed by atoms with Crippen LogP contribution >= 0.6 is 0 Å². The molecular formula is C19H24N2O5S. The number of benzene rings is 2. The summed E-state index contributed by atoms with van der Waals surface area (Å²) in [6.07, 6.45) is 0. The van der Waals surface area contributed by atoms with E-state index in [1.165, 1.54) is 32.4 Å². The Morgan fingerprint density at radius 1 is 0.963 bits per heavy atom. The van der Waals surface area contributed by atoms with Crippen LogP contribution in [-0.2, 0) is 10.0 Å². The van der Waals surface area contributed by atoms with Crippen molar-refractivity contribution >= 4 is 21.6 Å². The lowest BCUT2D eigenvalue weighted by molar-refractivity contribution is 0.102. The molecule has 0 aliphatic carbocycles. The second-order valence-electron chi connectivity index (χ2n) is 6.94. The first-order valence-corrected chi connectivity index (χ1v) is 9.71. The minimum Gasteiger partial charge on any atom is -0.497 e. The van der Waals surface area contributed by atoms with Crippen LogP contribution in [0.2, 0.25) is 0 Å². The topological polar surface area (TPSA) is 93.7 Å². The van der Waals surface area contributed by atoms with Gasteiger partial charge in [-0.25, -0.2) is 13.1 Å². The molecule has 0 spiro atoms. The second kappa shape index (κ2) is 7.98. The van der Waals surface area contributed by atoms with E-state index in [2.05, 4.69) is 10.0 Å². The van der Waals surface area contributed by atoms with E-state index in [1.54, 1.807) is 45.0 Å². The van der Waals surface area contributed by atoms with Crippen molar-refractivity contribution in [2.24, 2.45) is 0 Å². The molecule has 27 heavy (non-hydrogen) atoms. The summed E-state index contributed by atoms with van der Waals surface area (Å²) in [5, 5.41) is 2.72. The fraction of sp³-hybridized carbons (Fsp3) is 0.316. The highest BCUT2D eigenvalue weighted by Crippen LogP contribution is 2.26. The maximum Gasteiger partial charge on any atom is 0.255 e. The molecule has 2 N–H and O–H groups in total. The van der Waals surface area contributed by atoms with Crippen LogP contribution in [0.25, 0.3) is 0 Å². The average molecular weight is 392 g/mol. The van der Waals surface area contributed by atoms with E-state index in [1.807, 2.05) is 0 Å². The monoisotopic (exact) mass is 392 g/mol. The lowest BCUT2D eigenvalue weighted by atomic mass is 10.1. The van der Waals surface area contributed by atoms with Crippen LogP contribution in [0.4, 0.5) is 5.69 Å². The quantitative estimate of drug-likeness (QED) is 0.788. The van der Waals surface area contributed by atoms with E-state index in [0.29, 0.717) is 17.2 Å². The molecule has 0 saturated heterocycles. The molecule has 0 aliphatic heterocycles. The van der Waals surface area contributed by atoms with Gasteiger partial charge in [0.1, 0.15) is 11.5 Å². The van der Waals surface area contributed by atoms with E-state index >= 15 is 0 Å². The predicted molar refractivity (Wildman–Crippen MR) is 104 cm³/mol. The molecule has 0 fully saturated rings. The minimum atomic E-state index is -3.74. The Bertz CT molecular complexity index is 911. The molecule has 0 heterocycles. The van der Waals surface area contributed by atoms with Gasteiger partial charge in [-0.05, 0) is 39.0 Å². The summed E-state index contributed by atoms with van der Waals surface area (Å²) in [4.78, 5) is 12.6. The van der Waals surface area contributed by atoms with Gasteiger partial charge in [0.05, 0.1) is 19.1 Å². The third kappa shape index (κ3) is 5.70. The Morgan fingerprint density at radius 3 is 2.07 bits per heavy atom. The minimum absolute atomic E-state index is 0.0216. The van der Waals surface area contributed by atoms with Gasteiger partial charge in [-0.2, -0.15) is 0 Å². The molecule has 0 saturated carbocycles. The number of ether oxygens (including phenoxy) is 2. The van der Waals surface area contributed by atoms with Crippen molar-refractivity contribution in [3.8, 4) is 11.5 Å². The number of anilines is 1. The van der Waals surface area contributed by atoms with Gasteiger partial charge in [-0.3, -0.25) is 4.79 Å². The van der Waals surface area contributed by atoms with Gasteiger partial charge in [0.2, 0.25) is 10.0 Å². The van der Waals surface area contributed by atoms with Crippen molar-refractivity contribution in [2.45, 2.75) is 31.2 Å². The van der Waals surface area contributed by atoms with E-state index in [9.17, 15) is 13.2 Å².